The Hall–Kier alpha value is -0.822. The highest BCUT2D eigenvalue weighted by atomic mass is 32.1. The van der Waals surface area contributed by atoms with E-state index in [0.717, 1.165) is 84.8 Å². The number of hydrogen-bond acceptors (Lipinski definition) is 10. The van der Waals surface area contributed by atoms with Crippen LogP contribution in [0.3, 0.4) is 0 Å². The second kappa shape index (κ2) is 24.5. The zero-order chi connectivity index (χ0) is 51.9. The minimum atomic E-state index is -2.29. The van der Waals surface area contributed by atoms with Crippen LogP contribution in [0.2, 0.25) is 72.5 Å². The lowest BCUT2D eigenvalue weighted by Gasteiger charge is -2.44. The first kappa shape index (κ1) is 61.5. The van der Waals surface area contributed by atoms with Crippen molar-refractivity contribution in [3.8, 4) is 0 Å². The number of thiazole rings is 1. The number of cyclic esters (lactones) is 1. The van der Waals surface area contributed by atoms with Crippen molar-refractivity contribution in [3.63, 3.8) is 0 Å². The van der Waals surface area contributed by atoms with Crippen molar-refractivity contribution in [2.45, 2.75) is 266 Å². The molecule has 0 bridgehead atoms. The van der Waals surface area contributed by atoms with Crippen LogP contribution in [0.15, 0.2) is 11.0 Å². The lowest BCUT2D eigenvalue weighted by molar-refractivity contribution is -0.153. The van der Waals surface area contributed by atoms with Crippen LogP contribution in [0.25, 0.3) is 6.08 Å². The quantitative estimate of drug-likeness (QED) is 0.0719. The molecule has 0 radical (unpaired) electrons. The summed E-state index contributed by atoms with van der Waals surface area (Å²) in [6, 6.07) is 6.04. The largest absolute Gasteiger partial charge is 0.458 e. The van der Waals surface area contributed by atoms with Crippen LogP contribution in [-0.4, -0.2) is 105 Å². The maximum atomic E-state index is 15.3. The van der Waals surface area contributed by atoms with Gasteiger partial charge in [0.2, 0.25) is 0 Å². The summed E-state index contributed by atoms with van der Waals surface area (Å²) >= 11 is 1.66. The fraction of sp³-hybridized carbons (Fsp3) is 0.870. The summed E-state index contributed by atoms with van der Waals surface area (Å²) in [6.45, 7) is 51.6. The van der Waals surface area contributed by atoms with Gasteiger partial charge < -0.3 is 22.4 Å². The van der Waals surface area contributed by atoms with Gasteiger partial charge in [-0.3, -0.25) is 14.5 Å². The Morgan fingerprint density at radius 3 is 1.87 bits per heavy atom. The molecule has 14 heteroatoms. The van der Waals surface area contributed by atoms with Crippen LogP contribution in [-0.2, 0) is 38.5 Å². The van der Waals surface area contributed by atoms with Gasteiger partial charge in [0.05, 0.1) is 29.3 Å². The number of hydrogen-bond donors (Lipinski definition) is 0. The second-order valence-corrected chi connectivity index (χ2v) is 44.9. The fourth-order valence-corrected chi connectivity index (χ4v) is 19.0. The Labute approximate surface area is 426 Å². The molecule has 394 valence electrons. The van der Waals surface area contributed by atoms with Gasteiger partial charge in [-0.25, -0.2) is 4.98 Å². The van der Waals surface area contributed by atoms with E-state index in [4.69, 9.17) is 27.4 Å². The number of esters is 1. The number of ether oxygens (including phenoxy) is 1. The van der Waals surface area contributed by atoms with Crippen molar-refractivity contribution in [3.05, 3.63) is 21.7 Å². The van der Waals surface area contributed by atoms with Gasteiger partial charge in [0, 0.05) is 60.9 Å². The van der Waals surface area contributed by atoms with Gasteiger partial charge in [0.15, 0.2) is 33.3 Å². The van der Waals surface area contributed by atoms with Gasteiger partial charge in [0.1, 0.15) is 11.9 Å². The van der Waals surface area contributed by atoms with Crippen molar-refractivity contribution >= 4 is 62.4 Å². The molecule has 2 aliphatic rings. The SMILES string of the molecule is CC[Si](CC)(CC)OC1[C@@H](C)CCC[C@]2(C)[C@H](C[C@@H](/C(C)=C/c3csc(CCO[Si](C)(C)C(C)(C)C)n3)OC(=O)CC(O[Si](CC)(CC)CC)C(C)(C)C(=O)[C@@H]1C)N2CCO[Si](C)(C)C(C)(C)C. The maximum Gasteiger partial charge on any atom is 0.309 e. The van der Waals surface area contributed by atoms with Crippen molar-refractivity contribution in [2.24, 2.45) is 17.3 Å². The van der Waals surface area contributed by atoms with Gasteiger partial charge in [-0.2, -0.15) is 0 Å². The highest BCUT2D eigenvalue weighted by molar-refractivity contribution is 7.09. The first-order valence-electron chi connectivity index (χ1n) is 27.0. The number of carbonyl (C=O) groups is 2. The third-order valence-corrected chi connectivity index (χ3v) is 37.6. The van der Waals surface area contributed by atoms with Crippen LogP contribution in [0.1, 0.15) is 167 Å². The van der Waals surface area contributed by atoms with E-state index in [0.29, 0.717) is 19.6 Å². The van der Waals surface area contributed by atoms with Gasteiger partial charge in [0.25, 0.3) is 0 Å². The lowest BCUT2D eigenvalue weighted by Crippen LogP contribution is -2.53. The number of Topliss-reactive ketones (excluding diaryl/α,β-unsaturated/α-hetero) is 1. The lowest BCUT2D eigenvalue weighted by atomic mass is 9.73. The minimum Gasteiger partial charge on any atom is -0.458 e. The van der Waals surface area contributed by atoms with Crippen LogP contribution >= 0.6 is 11.3 Å². The smallest absolute Gasteiger partial charge is 0.309 e. The molecule has 3 unspecified atom stereocenters. The van der Waals surface area contributed by atoms with Crippen LogP contribution in [0.5, 0.6) is 0 Å². The first-order chi connectivity index (χ1) is 31.3. The monoisotopic (exact) mass is 1040 g/mol. The number of carbonyl (C=O) groups excluding carboxylic acids is 2. The minimum absolute atomic E-state index is 0.0176. The molecule has 2 saturated heterocycles. The predicted octanol–water partition coefficient (Wildman–Crippen LogP) is 15.1. The molecule has 0 amide bonds. The summed E-state index contributed by atoms with van der Waals surface area (Å²) in [7, 11) is -8.21. The van der Waals surface area contributed by atoms with Gasteiger partial charge in [-0.1, -0.05) is 117 Å². The van der Waals surface area contributed by atoms with E-state index in [1.54, 1.807) is 11.3 Å². The Bertz CT molecular complexity index is 1780. The van der Waals surface area contributed by atoms with E-state index in [-0.39, 0.29) is 57.8 Å². The summed E-state index contributed by atoms with van der Waals surface area (Å²) < 4.78 is 34.8. The molecular formula is C54H104N2O7SSi4. The molecule has 0 saturated carbocycles. The van der Waals surface area contributed by atoms with Crippen LogP contribution < -0.4 is 0 Å². The predicted molar refractivity (Wildman–Crippen MR) is 299 cm³/mol. The fourth-order valence-electron chi connectivity index (χ4n) is 10.2. The highest BCUT2D eigenvalue weighted by Crippen LogP contribution is 2.49. The number of nitrogens with zero attached hydrogens (tertiary/aromatic N) is 2. The summed E-state index contributed by atoms with van der Waals surface area (Å²) in [5.74, 6) is -0.364. The zero-order valence-corrected chi connectivity index (χ0v) is 52.7. The Morgan fingerprint density at radius 1 is 0.838 bits per heavy atom. The van der Waals surface area contributed by atoms with Gasteiger partial charge >= 0.3 is 5.97 Å². The van der Waals surface area contributed by atoms with Crippen LogP contribution in [0.4, 0.5) is 0 Å². The molecule has 0 N–H and O–H groups in total. The number of aromatic nitrogens is 1. The third-order valence-electron chi connectivity index (χ3n) is 18.3. The van der Waals surface area contributed by atoms with E-state index in [2.05, 4.69) is 153 Å². The molecule has 0 aliphatic carbocycles. The molecule has 1 aromatic rings. The molecular weight excluding hydrogens is 933 g/mol. The summed E-state index contributed by atoms with van der Waals surface area (Å²) in [4.78, 5) is 37.9. The average Bonchev–Trinajstić information content (AvgIpc) is 3.52. The average molecular weight is 1040 g/mol. The molecule has 68 heavy (non-hydrogen) atoms. The normalized spacial score (nSPS) is 27.8. The molecule has 0 spiro atoms. The molecule has 9 nitrogen and oxygen atoms in total. The van der Waals surface area contributed by atoms with E-state index < -0.39 is 50.9 Å². The zero-order valence-electron chi connectivity index (χ0n) is 47.9. The molecule has 3 heterocycles. The van der Waals surface area contributed by atoms with Crippen molar-refractivity contribution in [2.75, 3.05) is 19.8 Å². The second-order valence-electron chi connectivity index (χ2n) is 24.9. The third kappa shape index (κ3) is 15.1. The number of fused-ring (bicyclic) bond motifs is 1. The maximum absolute atomic E-state index is 15.3. The summed E-state index contributed by atoms with van der Waals surface area (Å²) in [5, 5.41) is 3.44. The summed E-state index contributed by atoms with van der Waals surface area (Å²) in [5.41, 5.74) is 0.816. The summed E-state index contributed by atoms with van der Waals surface area (Å²) in [6.07, 6.45) is 5.26. The highest BCUT2D eigenvalue weighted by Gasteiger charge is 2.59. The Morgan fingerprint density at radius 2 is 1.35 bits per heavy atom. The molecule has 3 rings (SSSR count). The molecule has 1 aromatic heterocycles. The molecule has 2 fully saturated rings. The van der Waals surface area contributed by atoms with Gasteiger partial charge in [-0.05, 0) is 117 Å². The van der Waals surface area contributed by atoms with E-state index in [1.165, 1.54) is 0 Å². The number of ketones is 1. The van der Waals surface area contributed by atoms with Crippen molar-refractivity contribution in [1.82, 2.24) is 9.88 Å². The van der Waals surface area contributed by atoms with E-state index in [9.17, 15) is 4.79 Å². The van der Waals surface area contributed by atoms with E-state index in [1.807, 2.05) is 13.8 Å². The van der Waals surface area contributed by atoms with Crippen molar-refractivity contribution < 1.29 is 32.0 Å². The van der Waals surface area contributed by atoms with Crippen molar-refractivity contribution in [1.29, 1.82) is 0 Å². The van der Waals surface area contributed by atoms with Gasteiger partial charge in [-0.15, -0.1) is 11.3 Å². The molecule has 0 aromatic carbocycles. The topological polar surface area (TPSA) is 96.2 Å². The standard InChI is InChI=1S/C54H104N2O7SSi4/c1-23-67(24-2,25-3)62-46-38-48(57)61-44(41(8)36-43-39-64-47(55-43)31-34-59-65(19,20)51(10,11)12)37-45-54(18,56(45)33-35-60-66(21,22)52(13,14)15)32-29-30-40(7)49(42(9)50(58)53(46,16)17)63-68(26-4,27-5)28-6/h36,39-40,42,44-46,49H,23-35,37-38H2,1-22H3/b41-36+/t40-,42+,44-,45-,46?,49?,54+,56?/m0/s1. The number of rotatable bonds is 20. The van der Waals surface area contributed by atoms with E-state index >= 15 is 4.79 Å². The molecule has 2 aliphatic heterocycles. The Kier molecular flexibility index (Phi) is 22.1. The first-order valence-corrected chi connectivity index (χ1v) is 38.8. The Balaban J connectivity index is 2.15. The molecule has 8 atom stereocenters. The van der Waals surface area contributed by atoms with Crippen LogP contribution in [0, 0.1) is 17.3 Å².